The number of fused-ring (bicyclic) bond motifs is 1. The Balaban J connectivity index is 1.72. The lowest BCUT2D eigenvalue weighted by Crippen LogP contribution is -2.29. The molecule has 1 aromatic carbocycles. The van der Waals surface area contributed by atoms with E-state index in [9.17, 15) is 13.2 Å². The van der Waals surface area contributed by atoms with E-state index in [1.165, 1.54) is 21.3 Å². The molecule has 0 bridgehead atoms. The molecule has 9 heteroatoms. The van der Waals surface area contributed by atoms with Crippen LogP contribution in [0.1, 0.15) is 5.56 Å². The Morgan fingerprint density at radius 3 is 2.54 bits per heavy atom. The van der Waals surface area contributed by atoms with Gasteiger partial charge in [-0.15, -0.1) is 0 Å². The maximum Gasteiger partial charge on any atom is 0.328 e. The Morgan fingerprint density at radius 1 is 1.08 bits per heavy atom. The van der Waals surface area contributed by atoms with E-state index in [0.717, 1.165) is 11.3 Å². The summed E-state index contributed by atoms with van der Waals surface area (Å²) >= 11 is 0. The molecule has 3 aromatic rings. The van der Waals surface area contributed by atoms with Gasteiger partial charge in [0.2, 0.25) is 10.0 Å². The number of hydrogen-bond acceptors (Lipinski definition) is 5. The fraction of sp³-hybridized carbons (Fsp3) is 0.294. The van der Waals surface area contributed by atoms with Gasteiger partial charge in [-0.05, 0) is 36.8 Å². The Kier molecular flexibility index (Phi) is 4.84. The number of hydrogen-bond donors (Lipinski definition) is 2. The van der Waals surface area contributed by atoms with Crippen LogP contribution in [0.15, 0.2) is 46.3 Å². The van der Waals surface area contributed by atoms with Crippen molar-refractivity contribution in [2.24, 2.45) is 14.1 Å². The highest BCUT2D eigenvalue weighted by atomic mass is 32.2. The number of rotatable bonds is 6. The Hall–Kier alpha value is -2.65. The molecule has 0 aliphatic carbocycles. The van der Waals surface area contributed by atoms with Gasteiger partial charge in [-0.3, -0.25) is 14.1 Å². The molecule has 0 aliphatic heterocycles. The lowest BCUT2D eigenvalue weighted by molar-refractivity contribution is 0.583. The van der Waals surface area contributed by atoms with E-state index in [1.54, 1.807) is 32.6 Å². The number of anilines is 1. The largest absolute Gasteiger partial charge is 0.383 e. The van der Waals surface area contributed by atoms with Crippen molar-refractivity contribution in [3.63, 3.8) is 0 Å². The molecule has 2 heterocycles. The van der Waals surface area contributed by atoms with E-state index in [0.29, 0.717) is 17.6 Å². The highest BCUT2D eigenvalue weighted by Crippen LogP contribution is 2.17. The van der Waals surface area contributed by atoms with Crippen LogP contribution in [0.4, 0.5) is 5.69 Å². The molecule has 0 radical (unpaired) electrons. The molecule has 3 rings (SSSR count). The van der Waals surface area contributed by atoms with Gasteiger partial charge in [0.15, 0.2) is 0 Å². The van der Waals surface area contributed by atoms with Crippen molar-refractivity contribution in [1.82, 2.24) is 18.8 Å². The van der Waals surface area contributed by atoms with E-state index < -0.39 is 10.0 Å². The van der Waals surface area contributed by atoms with Crippen LogP contribution in [0.2, 0.25) is 0 Å². The first-order chi connectivity index (χ1) is 12.3. The van der Waals surface area contributed by atoms with Gasteiger partial charge in [-0.1, -0.05) is 0 Å². The molecule has 0 aliphatic rings. The average Bonchev–Trinajstić information content (AvgIpc) is 2.84. The van der Waals surface area contributed by atoms with Crippen LogP contribution in [0, 0.1) is 6.92 Å². The highest BCUT2D eigenvalue weighted by Gasteiger charge is 2.16. The number of imidazole rings is 1. The van der Waals surface area contributed by atoms with E-state index in [4.69, 9.17) is 0 Å². The van der Waals surface area contributed by atoms with Crippen LogP contribution in [0.3, 0.4) is 0 Å². The maximum atomic E-state index is 12.5. The first-order valence-electron chi connectivity index (χ1n) is 8.11. The predicted molar refractivity (Wildman–Crippen MR) is 101 cm³/mol. The van der Waals surface area contributed by atoms with Gasteiger partial charge in [-0.25, -0.2) is 17.9 Å². The van der Waals surface area contributed by atoms with Gasteiger partial charge in [0.25, 0.3) is 0 Å². The second kappa shape index (κ2) is 6.93. The Labute approximate surface area is 151 Å². The third-order valence-corrected chi connectivity index (χ3v) is 5.77. The zero-order valence-electron chi connectivity index (χ0n) is 14.9. The van der Waals surface area contributed by atoms with Crippen molar-refractivity contribution < 1.29 is 8.42 Å². The third kappa shape index (κ3) is 3.35. The number of benzene rings is 1. The van der Waals surface area contributed by atoms with E-state index >= 15 is 0 Å². The molecule has 0 saturated carbocycles. The lowest BCUT2D eigenvalue weighted by Gasteiger charge is -2.10. The molecule has 0 spiro atoms. The van der Waals surface area contributed by atoms with E-state index in [2.05, 4.69) is 15.0 Å². The Bertz CT molecular complexity index is 1120. The fourth-order valence-electron chi connectivity index (χ4n) is 2.79. The van der Waals surface area contributed by atoms with Gasteiger partial charge in [0, 0.05) is 45.3 Å². The van der Waals surface area contributed by atoms with Crippen LogP contribution in [-0.2, 0) is 24.1 Å². The van der Waals surface area contributed by atoms with Gasteiger partial charge >= 0.3 is 5.69 Å². The molecule has 2 N–H and O–H groups in total. The minimum absolute atomic E-state index is 0.131. The number of nitrogens with zero attached hydrogens (tertiary/aromatic N) is 3. The monoisotopic (exact) mass is 375 g/mol. The summed E-state index contributed by atoms with van der Waals surface area (Å²) in [6, 6.07) is 6.50. The molecule has 0 fully saturated rings. The average molecular weight is 375 g/mol. The standard InChI is InChI=1S/C17H21N5O3S/c1-12-11-18-7-6-14(12)19-8-9-20-26(24,25)13-4-5-15-16(10-13)22(3)17(23)21(15)2/h4-7,10-11,20H,8-9H2,1-3H3,(H,18,19). The molecule has 8 nitrogen and oxygen atoms in total. The summed E-state index contributed by atoms with van der Waals surface area (Å²) in [6.45, 7) is 2.60. The second-order valence-electron chi connectivity index (χ2n) is 6.07. The summed E-state index contributed by atoms with van der Waals surface area (Å²) in [6.07, 6.45) is 3.42. The third-order valence-electron chi connectivity index (χ3n) is 4.31. The van der Waals surface area contributed by atoms with Crippen LogP contribution < -0.4 is 15.7 Å². The molecular weight excluding hydrogens is 354 g/mol. The van der Waals surface area contributed by atoms with Crippen molar-refractivity contribution in [1.29, 1.82) is 0 Å². The van der Waals surface area contributed by atoms with Crippen molar-refractivity contribution in [3.8, 4) is 0 Å². The number of aryl methyl sites for hydroxylation is 3. The molecule has 26 heavy (non-hydrogen) atoms. The maximum absolute atomic E-state index is 12.5. The number of aromatic nitrogens is 3. The first kappa shape index (κ1) is 18.2. The highest BCUT2D eigenvalue weighted by molar-refractivity contribution is 7.89. The zero-order chi connectivity index (χ0) is 18.9. The van der Waals surface area contributed by atoms with Gasteiger partial charge in [-0.2, -0.15) is 0 Å². The number of nitrogens with one attached hydrogen (secondary N) is 2. The number of pyridine rings is 1. The molecule has 0 unspecified atom stereocenters. The molecular formula is C17H21N5O3S. The van der Waals surface area contributed by atoms with Crippen molar-refractivity contribution >= 4 is 26.7 Å². The van der Waals surface area contributed by atoms with E-state index in [1.807, 2.05) is 13.0 Å². The fourth-order valence-corrected chi connectivity index (χ4v) is 3.84. The SMILES string of the molecule is Cc1cnccc1NCCNS(=O)(=O)c1ccc2c(c1)n(C)c(=O)n2C. The summed E-state index contributed by atoms with van der Waals surface area (Å²) in [4.78, 5) is 16.1. The first-order valence-corrected chi connectivity index (χ1v) is 9.59. The van der Waals surface area contributed by atoms with Crippen molar-refractivity contribution in [2.45, 2.75) is 11.8 Å². The summed E-state index contributed by atoms with van der Waals surface area (Å²) < 4.78 is 30.5. The molecule has 0 atom stereocenters. The zero-order valence-corrected chi connectivity index (χ0v) is 15.7. The summed E-state index contributed by atoms with van der Waals surface area (Å²) in [7, 11) is -0.387. The Morgan fingerprint density at radius 2 is 1.81 bits per heavy atom. The van der Waals surface area contributed by atoms with E-state index in [-0.39, 0.29) is 17.1 Å². The quantitative estimate of drug-likeness (QED) is 0.626. The lowest BCUT2D eigenvalue weighted by atomic mass is 10.2. The molecule has 2 aromatic heterocycles. The molecule has 138 valence electrons. The van der Waals surface area contributed by atoms with Crippen LogP contribution in [0.5, 0.6) is 0 Å². The minimum atomic E-state index is -3.66. The molecule has 0 saturated heterocycles. The topological polar surface area (TPSA) is 98.0 Å². The van der Waals surface area contributed by atoms with Crippen LogP contribution >= 0.6 is 0 Å². The second-order valence-corrected chi connectivity index (χ2v) is 7.83. The molecule has 0 amide bonds. The van der Waals surface area contributed by atoms with Gasteiger partial charge in [0.1, 0.15) is 0 Å². The minimum Gasteiger partial charge on any atom is -0.383 e. The van der Waals surface area contributed by atoms with Gasteiger partial charge < -0.3 is 5.32 Å². The van der Waals surface area contributed by atoms with Crippen LogP contribution in [-0.4, -0.2) is 35.6 Å². The number of sulfonamides is 1. The van der Waals surface area contributed by atoms with Crippen molar-refractivity contribution in [3.05, 3.63) is 52.7 Å². The normalized spacial score (nSPS) is 11.8. The van der Waals surface area contributed by atoms with Crippen molar-refractivity contribution in [2.75, 3.05) is 18.4 Å². The predicted octanol–water partition coefficient (Wildman–Crippen LogP) is 0.971. The summed E-state index contributed by atoms with van der Waals surface area (Å²) in [5.41, 5.74) is 2.97. The summed E-state index contributed by atoms with van der Waals surface area (Å²) in [5, 5.41) is 3.17. The van der Waals surface area contributed by atoms with Crippen LogP contribution in [0.25, 0.3) is 11.0 Å². The smallest absolute Gasteiger partial charge is 0.328 e. The van der Waals surface area contributed by atoms with Gasteiger partial charge in [0.05, 0.1) is 15.9 Å². The summed E-state index contributed by atoms with van der Waals surface area (Å²) in [5.74, 6) is 0.